The van der Waals surface area contributed by atoms with Gasteiger partial charge in [-0.2, -0.15) is 0 Å². The zero-order valence-corrected chi connectivity index (χ0v) is 8.97. The molecule has 1 aliphatic heterocycles. The Morgan fingerprint density at radius 3 is 2.33 bits per heavy atom. The fourth-order valence-electron chi connectivity index (χ4n) is 1.38. The summed E-state index contributed by atoms with van der Waals surface area (Å²) >= 11 is 1.44. The standard InChI is InChI=1S/C8H17NO5S/c10-3-4(11)5(12)6(13)7(14)8-9-1-2-15-8/h4-14H,1-3H2/t4-,5-,6-,7-,8-/m1/s1. The highest BCUT2D eigenvalue weighted by atomic mass is 32.2. The van der Waals surface area contributed by atoms with Crippen LogP contribution in [0.4, 0.5) is 0 Å². The third-order valence-corrected chi connectivity index (χ3v) is 3.58. The molecule has 0 aromatic carbocycles. The monoisotopic (exact) mass is 239 g/mol. The second-order valence-electron chi connectivity index (χ2n) is 3.47. The molecule has 0 radical (unpaired) electrons. The van der Waals surface area contributed by atoms with Crippen LogP contribution in [0.3, 0.4) is 0 Å². The molecular formula is C8H17NO5S. The topological polar surface area (TPSA) is 113 Å². The molecule has 0 aromatic heterocycles. The summed E-state index contributed by atoms with van der Waals surface area (Å²) in [6, 6.07) is 0. The van der Waals surface area contributed by atoms with Crippen LogP contribution in [-0.2, 0) is 0 Å². The van der Waals surface area contributed by atoms with Gasteiger partial charge in [0.05, 0.1) is 12.0 Å². The third-order valence-electron chi connectivity index (χ3n) is 2.34. The van der Waals surface area contributed by atoms with Gasteiger partial charge >= 0.3 is 0 Å². The molecular weight excluding hydrogens is 222 g/mol. The van der Waals surface area contributed by atoms with Crippen LogP contribution in [0.2, 0.25) is 0 Å². The molecule has 90 valence electrons. The van der Waals surface area contributed by atoms with Gasteiger partial charge in [-0.15, -0.1) is 11.8 Å². The van der Waals surface area contributed by atoms with E-state index in [4.69, 9.17) is 10.2 Å². The van der Waals surface area contributed by atoms with Crippen molar-refractivity contribution in [3.8, 4) is 0 Å². The Morgan fingerprint density at radius 2 is 1.87 bits per heavy atom. The van der Waals surface area contributed by atoms with E-state index in [-0.39, 0.29) is 5.37 Å². The quantitative estimate of drug-likeness (QED) is 0.305. The first-order chi connectivity index (χ1) is 7.07. The van der Waals surface area contributed by atoms with Gasteiger partial charge in [0.1, 0.15) is 24.4 Å². The molecule has 0 saturated carbocycles. The molecule has 1 heterocycles. The summed E-state index contributed by atoms with van der Waals surface area (Å²) < 4.78 is 0. The molecule has 0 aliphatic carbocycles. The average molecular weight is 239 g/mol. The van der Waals surface area contributed by atoms with Gasteiger partial charge in [0.15, 0.2) is 0 Å². The number of thioether (sulfide) groups is 1. The summed E-state index contributed by atoms with van der Waals surface area (Å²) in [5, 5.41) is 48.8. The maximum Gasteiger partial charge on any atom is 0.111 e. The number of aliphatic hydroxyl groups excluding tert-OH is 5. The van der Waals surface area contributed by atoms with Crippen molar-refractivity contribution in [1.82, 2.24) is 5.32 Å². The Kier molecular flexibility index (Phi) is 5.27. The van der Waals surface area contributed by atoms with E-state index >= 15 is 0 Å². The lowest BCUT2D eigenvalue weighted by molar-refractivity contribution is -0.115. The lowest BCUT2D eigenvalue weighted by Crippen LogP contribution is -2.51. The first-order valence-electron chi connectivity index (χ1n) is 4.76. The Balaban J connectivity index is 2.46. The number of hydrogen-bond acceptors (Lipinski definition) is 7. The van der Waals surface area contributed by atoms with Crippen LogP contribution < -0.4 is 5.32 Å². The molecule has 0 aromatic rings. The normalized spacial score (nSPS) is 29.8. The molecule has 1 saturated heterocycles. The summed E-state index contributed by atoms with van der Waals surface area (Å²) in [6.07, 6.45) is -5.64. The van der Waals surface area contributed by atoms with E-state index in [0.29, 0.717) is 0 Å². The highest BCUT2D eigenvalue weighted by Crippen LogP contribution is 2.20. The number of hydrogen-bond donors (Lipinski definition) is 6. The maximum atomic E-state index is 9.65. The summed E-state index contributed by atoms with van der Waals surface area (Å²) in [5.41, 5.74) is 0. The van der Waals surface area contributed by atoms with Crippen molar-refractivity contribution in [3.05, 3.63) is 0 Å². The van der Waals surface area contributed by atoms with Crippen LogP contribution in [0.15, 0.2) is 0 Å². The van der Waals surface area contributed by atoms with Gasteiger partial charge in [-0.1, -0.05) is 0 Å². The lowest BCUT2D eigenvalue weighted by atomic mass is 10.0. The molecule has 1 rings (SSSR count). The van der Waals surface area contributed by atoms with Crippen molar-refractivity contribution in [2.24, 2.45) is 0 Å². The van der Waals surface area contributed by atoms with Gasteiger partial charge in [-0.25, -0.2) is 0 Å². The Hall–Kier alpha value is 0.110. The molecule has 5 atom stereocenters. The zero-order valence-electron chi connectivity index (χ0n) is 8.15. The smallest absolute Gasteiger partial charge is 0.111 e. The van der Waals surface area contributed by atoms with Crippen LogP contribution in [0.25, 0.3) is 0 Å². The van der Waals surface area contributed by atoms with E-state index < -0.39 is 31.0 Å². The van der Waals surface area contributed by atoms with Crippen molar-refractivity contribution in [1.29, 1.82) is 0 Å². The molecule has 0 spiro atoms. The Labute approximate surface area is 91.9 Å². The molecule has 6 nitrogen and oxygen atoms in total. The van der Waals surface area contributed by atoms with E-state index in [9.17, 15) is 15.3 Å². The first-order valence-corrected chi connectivity index (χ1v) is 5.81. The van der Waals surface area contributed by atoms with Crippen LogP contribution >= 0.6 is 11.8 Å². The van der Waals surface area contributed by atoms with Crippen LogP contribution in [0, 0.1) is 0 Å². The van der Waals surface area contributed by atoms with Crippen LogP contribution in [0.5, 0.6) is 0 Å². The number of nitrogens with one attached hydrogen (secondary N) is 1. The summed E-state index contributed by atoms with van der Waals surface area (Å²) in [7, 11) is 0. The molecule has 15 heavy (non-hydrogen) atoms. The molecule has 0 amide bonds. The van der Waals surface area contributed by atoms with Crippen LogP contribution in [0.1, 0.15) is 0 Å². The fraction of sp³-hybridized carbons (Fsp3) is 1.00. The molecule has 6 N–H and O–H groups in total. The predicted octanol–water partition coefficient (Wildman–Crippen LogP) is -2.92. The van der Waals surface area contributed by atoms with Crippen molar-refractivity contribution in [2.75, 3.05) is 18.9 Å². The van der Waals surface area contributed by atoms with Crippen molar-refractivity contribution in [2.45, 2.75) is 29.8 Å². The SMILES string of the molecule is OC[C@@H](O)[C@@H](O)[C@@H](O)[C@@H](O)[C@@H]1NCCS1. The fourth-order valence-corrected chi connectivity index (χ4v) is 2.47. The highest BCUT2D eigenvalue weighted by molar-refractivity contribution is 8.00. The van der Waals surface area contributed by atoms with E-state index in [2.05, 4.69) is 5.32 Å². The first kappa shape index (κ1) is 13.2. The van der Waals surface area contributed by atoms with Gasteiger partial charge in [0.2, 0.25) is 0 Å². The summed E-state index contributed by atoms with van der Waals surface area (Å²) in [6.45, 7) is 0.0773. The van der Waals surface area contributed by atoms with Crippen molar-refractivity contribution < 1.29 is 25.5 Å². The molecule has 0 bridgehead atoms. The molecule has 1 aliphatic rings. The van der Waals surface area contributed by atoms with Gasteiger partial charge in [-0.3, -0.25) is 0 Å². The lowest BCUT2D eigenvalue weighted by Gasteiger charge is -2.28. The minimum atomic E-state index is -1.55. The van der Waals surface area contributed by atoms with E-state index in [1.54, 1.807) is 0 Å². The van der Waals surface area contributed by atoms with Gasteiger partial charge in [-0.05, 0) is 0 Å². The minimum absolute atomic E-state index is 0.347. The van der Waals surface area contributed by atoms with Crippen LogP contribution in [-0.4, -0.2) is 74.2 Å². The number of aliphatic hydroxyl groups is 5. The summed E-state index contributed by atoms with van der Waals surface area (Å²) in [5.74, 6) is 0.826. The number of rotatable bonds is 5. The minimum Gasteiger partial charge on any atom is -0.394 e. The molecule has 7 heteroatoms. The predicted molar refractivity (Wildman–Crippen MR) is 55.4 cm³/mol. The largest absolute Gasteiger partial charge is 0.394 e. The maximum absolute atomic E-state index is 9.65. The van der Waals surface area contributed by atoms with Crippen molar-refractivity contribution >= 4 is 11.8 Å². The second kappa shape index (κ2) is 6.00. The summed E-state index contributed by atoms with van der Waals surface area (Å²) in [4.78, 5) is 0. The zero-order chi connectivity index (χ0) is 11.4. The Bertz CT molecular complexity index is 190. The Morgan fingerprint density at radius 1 is 1.20 bits per heavy atom. The molecule has 1 fully saturated rings. The van der Waals surface area contributed by atoms with E-state index in [0.717, 1.165) is 12.3 Å². The van der Waals surface area contributed by atoms with Crippen molar-refractivity contribution in [3.63, 3.8) is 0 Å². The van der Waals surface area contributed by atoms with Gasteiger partial charge < -0.3 is 30.8 Å². The average Bonchev–Trinajstić information content (AvgIpc) is 2.78. The van der Waals surface area contributed by atoms with Gasteiger partial charge in [0.25, 0.3) is 0 Å². The van der Waals surface area contributed by atoms with E-state index in [1.807, 2.05) is 0 Å². The van der Waals surface area contributed by atoms with E-state index in [1.165, 1.54) is 11.8 Å². The molecule has 0 unspecified atom stereocenters. The highest BCUT2D eigenvalue weighted by Gasteiger charge is 2.35. The second-order valence-corrected chi connectivity index (χ2v) is 4.72. The van der Waals surface area contributed by atoms with Gasteiger partial charge in [0, 0.05) is 12.3 Å². The third kappa shape index (κ3) is 3.28.